The van der Waals surface area contributed by atoms with Gasteiger partial charge in [-0.3, -0.25) is 9.59 Å². The number of aliphatic hydroxyl groups excluding tert-OH is 2. The maximum atomic E-state index is 11.1. The maximum Gasteiger partial charge on any atom is 0.227 e. The fourth-order valence-corrected chi connectivity index (χ4v) is 3.15. The van der Waals surface area contributed by atoms with Crippen LogP contribution in [0.4, 0.5) is 0 Å². The smallest absolute Gasteiger partial charge is 0.227 e. The lowest BCUT2D eigenvalue weighted by molar-refractivity contribution is -0.116. The Morgan fingerprint density at radius 1 is 1.23 bits per heavy atom. The molecule has 2 heterocycles. The number of aromatic nitrogens is 4. The number of thioether (sulfide) groups is 2. The van der Waals surface area contributed by atoms with Crippen molar-refractivity contribution in [2.45, 2.75) is 23.0 Å². The van der Waals surface area contributed by atoms with Crippen LogP contribution in [0.25, 0.3) is 11.0 Å². The van der Waals surface area contributed by atoms with E-state index in [4.69, 9.17) is 21.3 Å². The number of primary amides is 2. The monoisotopic (exact) mass is 402 g/mol. The average Bonchev–Trinajstić information content (AvgIpc) is 3.00. The minimum atomic E-state index is -0.991. The van der Waals surface area contributed by atoms with Crippen molar-refractivity contribution in [1.29, 1.82) is 0 Å². The summed E-state index contributed by atoms with van der Waals surface area (Å²) < 4.78 is 6.72. The summed E-state index contributed by atoms with van der Waals surface area (Å²) in [6.07, 6.45) is 0.530. The van der Waals surface area contributed by atoms with Gasteiger partial charge in [-0.2, -0.15) is 5.10 Å². The first-order valence-electron chi connectivity index (χ1n) is 7.33. The number of carbonyl (C=O) groups excluding carboxylic acids is 2. The number of amides is 2. The second kappa shape index (κ2) is 9.68. The second-order valence-electron chi connectivity index (χ2n) is 5.04. The minimum Gasteiger partial charge on any atom is -0.394 e. The molecule has 13 heteroatoms. The lowest BCUT2D eigenvalue weighted by atomic mass is 10.4. The van der Waals surface area contributed by atoms with Crippen molar-refractivity contribution in [3.05, 3.63) is 6.20 Å². The number of carbonyl (C=O) groups is 2. The van der Waals surface area contributed by atoms with Gasteiger partial charge in [0.25, 0.3) is 0 Å². The van der Waals surface area contributed by atoms with E-state index in [9.17, 15) is 14.7 Å². The van der Waals surface area contributed by atoms with E-state index in [1.54, 1.807) is 0 Å². The lowest BCUT2D eigenvalue weighted by Gasteiger charge is -2.09. The van der Waals surface area contributed by atoms with Gasteiger partial charge in [-0.05, 0) is 0 Å². The molecule has 6 N–H and O–H groups in total. The van der Waals surface area contributed by atoms with E-state index < -0.39 is 24.5 Å². The molecular weight excluding hydrogens is 384 g/mol. The molecule has 2 aromatic heterocycles. The van der Waals surface area contributed by atoms with Gasteiger partial charge in [0.15, 0.2) is 10.8 Å². The first kappa shape index (κ1) is 20.4. The minimum absolute atomic E-state index is 0.00123. The van der Waals surface area contributed by atoms with E-state index in [2.05, 4.69) is 15.1 Å². The molecule has 2 amide bonds. The first-order chi connectivity index (χ1) is 12.4. The highest BCUT2D eigenvalue weighted by atomic mass is 32.2. The molecule has 11 nitrogen and oxygen atoms in total. The van der Waals surface area contributed by atoms with Crippen LogP contribution in [0.15, 0.2) is 16.4 Å². The number of hydrogen-bond donors (Lipinski definition) is 4. The number of hydrogen-bond acceptors (Lipinski definition) is 10. The van der Waals surface area contributed by atoms with Gasteiger partial charge in [0.2, 0.25) is 11.8 Å². The summed E-state index contributed by atoms with van der Waals surface area (Å²) in [6, 6.07) is 0. The molecule has 142 valence electrons. The highest BCUT2D eigenvalue weighted by Crippen LogP contribution is 2.27. The SMILES string of the molecule is NC(=O)CSc1nc(SCC(N)=O)c2cnn(COCC(O)CO)c2n1. The lowest BCUT2D eigenvalue weighted by Crippen LogP contribution is -2.20. The molecule has 0 aromatic carbocycles. The number of ether oxygens (including phenoxy) is 1. The number of nitrogens with zero attached hydrogens (tertiary/aromatic N) is 4. The fraction of sp³-hybridized carbons (Fsp3) is 0.462. The van der Waals surface area contributed by atoms with Crippen LogP contribution >= 0.6 is 23.5 Å². The topological polar surface area (TPSA) is 179 Å². The van der Waals surface area contributed by atoms with Crippen LogP contribution in [-0.4, -0.2) is 72.6 Å². The summed E-state index contributed by atoms with van der Waals surface area (Å²) in [6.45, 7) is -0.503. The van der Waals surface area contributed by atoms with Crippen LogP contribution in [0.1, 0.15) is 0 Å². The van der Waals surface area contributed by atoms with E-state index in [1.807, 2.05) is 0 Å². The summed E-state index contributed by atoms with van der Waals surface area (Å²) >= 11 is 2.18. The molecular formula is C13H18N6O5S2. The van der Waals surface area contributed by atoms with Crippen molar-refractivity contribution in [3.63, 3.8) is 0 Å². The molecule has 0 saturated carbocycles. The van der Waals surface area contributed by atoms with Gasteiger partial charge >= 0.3 is 0 Å². The van der Waals surface area contributed by atoms with Crippen LogP contribution in [0.3, 0.4) is 0 Å². The van der Waals surface area contributed by atoms with E-state index >= 15 is 0 Å². The zero-order valence-electron chi connectivity index (χ0n) is 13.6. The zero-order valence-corrected chi connectivity index (χ0v) is 15.2. The third kappa shape index (κ3) is 5.81. The number of nitrogens with two attached hydrogens (primary N) is 2. The zero-order chi connectivity index (χ0) is 19.1. The number of fused-ring (bicyclic) bond motifs is 1. The van der Waals surface area contributed by atoms with Crippen LogP contribution in [0, 0.1) is 0 Å². The molecule has 0 spiro atoms. The van der Waals surface area contributed by atoms with Gasteiger partial charge in [-0.25, -0.2) is 14.6 Å². The number of rotatable bonds is 11. The largest absolute Gasteiger partial charge is 0.394 e. The Morgan fingerprint density at radius 3 is 2.58 bits per heavy atom. The summed E-state index contributed by atoms with van der Waals surface area (Å²) in [5.74, 6) is -0.989. The standard InChI is InChI=1S/C13H18N6O5S2/c14-9(22)4-25-12-8-1-16-19(6-24-3-7(21)2-20)11(8)17-13(18-12)26-5-10(15)23/h1,7,20-21H,2-6H2,(H2,14,22)(H2,15,23). The van der Waals surface area contributed by atoms with Crippen molar-refractivity contribution in [1.82, 2.24) is 19.7 Å². The molecule has 0 bridgehead atoms. The Hall–Kier alpha value is -1.93. The molecule has 0 fully saturated rings. The first-order valence-corrected chi connectivity index (χ1v) is 9.30. The molecule has 0 aliphatic heterocycles. The molecule has 26 heavy (non-hydrogen) atoms. The van der Waals surface area contributed by atoms with Gasteiger partial charge in [-0.1, -0.05) is 23.5 Å². The van der Waals surface area contributed by atoms with Crippen LogP contribution in [0.2, 0.25) is 0 Å². The molecule has 0 radical (unpaired) electrons. The Kier molecular flexibility index (Phi) is 7.59. The highest BCUT2D eigenvalue weighted by Gasteiger charge is 2.15. The molecule has 2 rings (SSSR count). The average molecular weight is 402 g/mol. The van der Waals surface area contributed by atoms with E-state index in [1.165, 1.54) is 10.9 Å². The summed E-state index contributed by atoms with van der Waals surface area (Å²) in [4.78, 5) is 30.7. The third-order valence-corrected chi connectivity index (χ3v) is 4.75. The van der Waals surface area contributed by atoms with Gasteiger partial charge in [0.1, 0.15) is 17.9 Å². The normalized spacial score (nSPS) is 12.4. The summed E-state index contributed by atoms with van der Waals surface area (Å²) in [5, 5.41) is 23.6. The van der Waals surface area contributed by atoms with Gasteiger partial charge in [-0.15, -0.1) is 0 Å². The highest BCUT2D eigenvalue weighted by molar-refractivity contribution is 8.00. The predicted octanol–water partition coefficient (Wildman–Crippen LogP) is -1.69. The molecule has 0 aliphatic carbocycles. The third-order valence-electron chi connectivity index (χ3n) is 2.87. The molecule has 0 aliphatic rings. The Morgan fingerprint density at radius 2 is 1.92 bits per heavy atom. The maximum absolute atomic E-state index is 11.1. The van der Waals surface area contributed by atoms with Gasteiger partial charge < -0.3 is 26.4 Å². The summed E-state index contributed by atoms with van der Waals surface area (Å²) in [5.41, 5.74) is 10.8. The molecule has 1 unspecified atom stereocenters. The van der Waals surface area contributed by atoms with Crippen LogP contribution in [0.5, 0.6) is 0 Å². The summed E-state index contributed by atoms with van der Waals surface area (Å²) in [7, 11) is 0. The van der Waals surface area contributed by atoms with Crippen LogP contribution < -0.4 is 11.5 Å². The van der Waals surface area contributed by atoms with E-state index in [-0.39, 0.29) is 24.8 Å². The quantitative estimate of drug-likeness (QED) is 0.192. The predicted molar refractivity (Wildman–Crippen MR) is 94.2 cm³/mol. The second-order valence-corrected chi connectivity index (χ2v) is 6.95. The Bertz CT molecular complexity index is 786. The molecule has 1 atom stereocenters. The van der Waals surface area contributed by atoms with E-state index in [0.717, 1.165) is 23.5 Å². The van der Waals surface area contributed by atoms with Gasteiger partial charge in [0, 0.05) is 0 Å². The van der Waals surface area contributed by atoms with Crippen molar-refractivity contribution < 1.29 is 24.5 Å². The van der Waals surface area contributed by atoms with Crippen molar-refractivity contribution >= 4 is 46.4 Å². The Balaban J connectivity index is 2.26. The molecule has 0 saturated heterocycles. The van der Waals surface area contributed by atoms with E-state index in [0.29, 0.717) is 21.2 Å². The van der Waals surface area contributed by atoms with Gasteiger partial charge in [0.05, 0.1) is 36.3 Å². The van der Waals surface area contributed by atoms with Crippen molar-refractivity contribution in [2.75, 3.05) is 24.7 Å². The number of aliphatic hydroxyl groups is 2. The molecule has 2 aromatic rings. The van der Waals surface area contributed by atoms with Crippen molar-refractivity contribution in [3.8, 4) is 0 Å². The van der Waals surface area contributed by atoms with Crippen molar-refractivity contribution in [2.24, 2.45) is 11.5 Å². The Labute approximate surface area is 156 Å². The van der Waals surface area contributed by atoms with Crippen LogP contribution in [-0.2, 0) is 21.1 Å². The fourth-order valence-electron chi connectivity index (χ4n) is 1.78.